The van der Waals surface area contributed by atoms with Crippen molar-refractivity contribution < 1.29 is 33.6 Å². The number of para-hydroxylation sites is 1. The number of β-amino-alcohol motifs (C(OH)–C–C–N with tert-alkyl or cyclic N) is 1. The Morgan fingerprint density at radius 2 is 1.64 bits per heavy atom. The summed E-state index contributed by atoms with van der Waals surface area (Å²) in [7, 11) is 0.798. The van der Waals surface area contributed by atoms with Crippen molar-refractivity contribution in [3.8, 4) is 16.2 Å². The van der Waals surface area contributed by atoms with Gasteiger partial charge in [-0.3, -0.25) is 19.2 Å². The molecule has 1 fully saturated rings. The van der Waals surface area contributed by atoms with Gasteiger partial charge in [0.1, 0.15) is 30.0 Å². The van der Waals surface area contributed by atoms with Crippen LogP contribution in [0.1, 0.15) is 101 Å². The van der Waals surface area contributed by atoms with E-state index in [9.17, 15) is 28.8 Å². The van der Waals surface area contributed by atoms with E-state index in [1.165, 1.54) is 21.5 Å². The number of carbonyl (C=O) groups is 4. The van der Waals surface area contributed by atoms with Crippen LogP contribution in [0.25, 0.3) is 10.4 Å². The largest absolute Gasteiger partial charge is 0.495 e. The van der Waals surface area contributed by atoms with Crippen LogP contribution in [0.2, 0.25) is 5.02 Å². The molecule has 1 aliphatic rings. The van der Waals surface area contributed by atoms with Crippen LogP contribution in [-0.2, 0) is 30.2 Å². The standard InChI is InChI=1S/C55H72ClN8O7PS/c1-34-26-28-73-49(34)38-23-21-37(22-24-38)36(3)58-52(68)44-31-40(65)33-64(44)53(69)50(55(4,5)6)61-47(66)19-13-11-12-14-20-48(67)63(7)27-25-39-30-45(71-8)43(29-35(39)2)60-54-57-32-41(56)51(62-54)59-42-17-15-16-18-46(42)72(9,10)70/h15-18,21-24,26,28-30,32,36,40,44,50,65H,11-14,19-20,25,27,31,33H2,1-10H3,(H,58,68)(H,61,66)(H2,57,59,60,62)/t36-,40+,44?,50+/m0/s1. The topological polar surface area (TPSA) is 195 Å². The molecule has 0 spiro atoms. The molecule has 392 valence electrons. The molecule has 0 bridgehead atoms. The molecule has 3 heterocycles. The highest BCUT2D eigenvalue weighted by atomic mass is 35.5. The predicted octanol–water partition coefficient (Wildman–Crippen LogP) is 9.93. The van der Waals surface area contributed by atoms with E-state index in [1.807, 2.05) is 95.3 Å². The zero-order chi connectivity index (χ0) is 53.2. The number of thiophene rings is 1. The van der Waals surface area contributed by atoms with Gasteiger partial charge in [0.2, 0.25) is 29.6 Å². The van der Waals surface area contributed by atoms with E-state index in [-0.39, 0.29) is 49.1 Å². The highest BCUT2D eigenvalue weighted by molar-refractivity contribution is 7.70. The molecule has 5 aromatic rings. The third-order valence-electron chi connectivity index (χ3n) is 13.2. The first kappa shape index (κ1) is 56.5. The molecule has 0 aliphatic carbocycles. The van der Waals surface area contributed by atoms with Crippen LogP contribution in [0.4, 0.5) is 23.1 Å². The van der Waals surface area contributed by atoms with Gasteiger partial charge in [-0.15, -0.1) is 11.3 Å². The molecule has 4 amide bonds. The second-order valence-corrected chi connectivity index (χ2v) is 25.0. The van der Waals surface area contributed by atoms with Crippen molar-refractivity contribution in [3.05, 3.63) is 106 Å². The summed E-state index contributed by atoms with van der Waals surface area (Å²) in [6.45, 7) is 15.5. The molecular formula is C55H72ClN8O7PS. The minimum atomic E-state index is -2.59. The molecular weight excluding hydrogens is 983 g/mol. The van der Waals surface area contributed by atoms with Gasteiger partial charge in [-0.05, 0) is 122 Å². The highest BCUT2D eigenvalue weighted by Gasteiger charge is 2.44. The fraction of sp³-hybridized carbons (Fsp3) is 0.455. The Kier molecular flexibility index (Phi) is 19.3. The minimum Gasteiger partial charge on any atom is -0.495 e. The zero-order valence-corrected chi connectivity index (χ0v) is 46.3. The number of anilines is 4. The second-order valence-electron chi connectivity index (χ2n) is 20.5. The Morgan fingerprint density at radius 3 is 2.30 bits per heavy atom. The lowest BCUT2D eigenvalue weighted by Gasteiger charge is -2.35. The summed E-state index contributed by atoms with van der Waals surface area (Å²) < 4.78 is 18.7. The van der Waals surface area contributed by atoms with Crippen LogP contribution in [0, 0.1) is 19.3 Å². The van der Waals surface area contributed by atoms with E-state index in [1.54, 1.807) is 43.7 Å². The number of carbonyl (C=O) groups excluding carboxylic acids is 4. The van der Waals surface area contributed by atoms with Gasteiger partial charge in [0.25, 0.3) is 0 Å². The smallest absolute Gasteiger partial charge is 0.246 e. The maximum absolute atomic E-state index is 14.2. The van der Waals surface area contributed by atoms with E-state index in [2.05, 4.69) is 49.6 Å². The zero-order valence-electron chi connectivity index (χ0n) is 43.8. The van der Waals surface area contributed by atoms with Gasteiger partial charge < -0.3 is 45.5 Å². The second kappa shape index (κ2) is 25.0. The van der Waals surface area contributed by atoms with Gasteiger partial charge in [0.15, 0.2) is 5.82 Å². The number of nitrogens with one attached hydrogen (secondary N) is 4. The van der Waals surface area contributed by atoms with E-state index >= 15 is 0 Å². The summed E-state index contributed by atoms with van der Waals surface area (Å²) in [5.41, 5.74) is 5.89. The van der Waals surface area contributed by atoms with Crippen molar-refractivity contribution in [3.63, 3.8) is 0 Å². The fourth-order valence-electron chi connectivity index (χ4n) is 8.94. The summed E-state index contributed by atoms with van der Waals surface area (Å²) >= 11 is 8.17. The van der Waals surface area contributed by atoms with Gasteiger partial charge in [-0.1, -0.05) is 81.6 Å². The molecule has 15 nitrogen and oxygen atoms in total. The Bertz CT molecular complexity index is 2790. The van der Waals surface area contributed by atoms with Crippen molar-refractivity contribution in [2.45, 2.75) is 117 Å². The van der Waals surface area contributed by atoms with E-state index in [0.717, 1.165) is 35.1 Å². The average Bonchev–Trinajstić information content (AvgIpc) is 3.96. The molecule has 5 N–H and O–H groups in total. The first-order valence-corrected chi connectivity index (χ1v) is 28.7. The fourth-order valence-corrected chi connectivity index (χ4v) is 11.2. The van der Waals surface area contributed by atoms with Gasteiger partial charge in [-0.2, -0.15) is 4.98 Å². The Hall–Kier alpha value is -5.80. The predicted molar refractivity (Wildman–Crippen MR) is 294 cm³/mol. The summed E-state index contributed by atoms with van der Waals surface area (Å²) in [6.07, 6.45) is 4.70. The van der Waals surface area contributed by atoms with Crippen LogP contribution in [-0.4, -0.2) is 107 Å². The quantitative estimate of drug-likeness (QED) is 0.0327. The van der Waals surface area contributed by atoms with Crippen LogP contribution >= 0.6 is 30.1 Å². The first-order valence-electron chi connectivity index (χ1n) is 24.9. The molecule has 1 saturated heterocycles. The number of aromatic nitrogens is 2. The summed E-state index contributed by atoms with van der Waals surface area (Å²) in [5, 5.41) is 26.2. The van der Waals surface area contributed by atoms with Crippen LogP contribution in [0.5, 0.6) is 5.75 Å². The maximum Gasteiger partial charge on any atom is 0.246 e. The summed E-state index contributed by atoms with van der Waals surface area (Å²) in [5.74, 6) is 0.240. The number of hydrogen-bond acceptors (Lipinski definition) is 12. The van der Waals surface area contributed by atoms with E-state index in [0.29, 0.717) is 65.5 Å². The van der Waals surface area contributed by atoms with E-state index in [4.69, 9.17) is 16.3 Å². The molecule has 3 aromatic carbocycles. The molecule has 0 saturated carbocycles. The monoisotopic (exact) mass is 1050 g/mol. The first-order chi connectivity index (χ1) is 34.5. The number of aryl methyl sites for hydroxylation is 2. The number of aliphatic hydroxyl groups is 1. The number of benzene rings is 3. The molecule has 73 heavy (non-hydrogen) atoms. The summed E-state index contributed by atoms with van der Waals surface area (Å²) in [4.78, 5) is 67.7. The van der Waals surface area contributed by atoms with Crippen molar-refractivity contribution in [1.29, 1.82) is 0 Å². The summed E-state index contributed by atoms with van der Waals surface area (Å²) in [6, 6.07) is 19.3. The van der Waals surface area contributed by atoms with Crippen molar-refractivity contribution in [1.82, 2.24) is 30.4 Å². The van der Waals surface area contributed by atoms with Gasteiger partial charge in [-0.25, -0.2) is 4.98 Å². The Balaban J connectivity index is 0.930. The number of rotatable bonds is 22. The van der Waals surface area contributed by atoms with E-state index < -0.39 is 36.7 Å². The third-order valence-corrected chi connectivity index (χ3v) is 16.1. The van der Waals surface area contributed by atoms with Gasteiger partial charge in [0, 0.05) is 49.6 Å². The number of ether oxygens (including phenoxy) is 1. The van der Waals surface area contributed by atoms with Crippen LogP contribution in [0.3, 0.4) is 0 Å². The number of likely N-dealkylation sites (tertiary alicyclic amines) is 1. The third kappa shape index (κ3) is 15.2. The molecule has 6 rings (SSSR count). The number of hydrogen-bond donors (Lipinski definition) is 5. The Labute approximate surface area is 439 Å². The normalized spacial score (nSPS) is 15.6. The maximum atomic E-state index is 14.2. The highest BCUT2D eigenvalue weighted by Crippen LogP contribution is 2.39. The Morgan fingerprint density at radius 1 is 0.945 bits per heavy atom. The van der Waals surface area contributed by atoms with Gasteiger partial charge >= 0.3 is 0 Å². The molecule has 1 aliphatic heterocycles. The lowest BCUT2D eigenvalue weighted by Crippen LogP contribution is -2.57. The van der Waals surface area contributed by atoms with Crippen molar-refractivity contribution in [2.75, 3.05) is 51.2 Å². The van der Waals surface area contributed by atoms with Crippen LogP contribution < -0.4 is 31.3 Å². The lowest BCUT2D eigenvalue weighted by molar-refractivity contribution is -0.144. The van der Waals surface area contributed by atoms with Gasteiger partial charge in [0.05, 0.1) is 36.8 Å². The number of nitrogens with zero attached hydrogens (tertiary/aromatic N) is 4. The molecule has 0 radical (unpaired) electrons. The SMILES string of the molecule is COc1cc(CCN(C)C(=O)CCCCCCC(=O)N[C@H](C(=O)N2C[C@H](O)CC2C(=O)N[C@@H](C)c2ccc(-c3sccc3C)cc2)C(C)(C)C)c(C)cc1Nc1ncc(Cl)c(Nc2ccccc2P(C)(C)=O)n1. The minimum absolute atomic E-state index is 0.000756. The molecule has 2 aromatic heterocycles. The lowest BCUT2D eigenvalue weighted by atomic mass is 9.85. The average molecular weight is 1060 g/mol. The van der Waals surface area contributed by atoms with Crippen LogP contribution in [0.15, 0.2) is 78.3 Å². The number of amides is 4. The molecule has 1 unspecified atom stereocenters. The number of halogens is 1. The number of likely N-dealkylation sites (N-methyl/N-ethyl adjacent to an activating group) is 1. The van der Waals surface area contributed by atoms with Crippen molar-refractivity contribution in [2.24, 2.45) is 5.41 Å². The number of methoxy groups -OCH3 is 1. The molecule has 4 atom stereocenters. The number of aliphatic hydroxyl groups excluding tert-OH is 1. The van der Waals surface area contributed by atoms with Crippen molar-refractivity contribution >= 4 is 82.2 Å². The number of unbranched alkanes of at least 4 members (excludes halogenated alkanes) is 3. The molecule has 18 heteroatoms.